The number of hydrogen-bond donors (Lipinski definition) is 2. The molecule has 132 valence electrons. The maximum atomic E-state index is 12.3. The summed E-state index contributed by atoms with van der Waals surface area (Å²) in [7, 11) is 0. The van der Waals surface area contributed by atoms with Crippen LogP contribution in [0.25, 0.3) is 0 Å². The van der Waals surface area contributed by atoms with E-state index >= 15 is 0 Å². The lowest BCUT2D eigenvalue weighted by molar-refractivity contribution is -0.179. The van der Waals surface area contributed by atoms with Crippen molar-refractivity contribution in [2.75, 3.05) is 13.2 Å². The first-order chi connectivity index (χ1) is 11.2. The molecule has 1 saturated heterocycles. The van der Waals surface area contributed by atoms with Gasteiger partial charge in [-0.3, -0.25) is 0 Å². The average Bonchev–Trinajstić information content (AvgIpc) is 3.18. The molecule has 2 saturated carbocycles. The number of carbonyl (C=O) groups excluding carboxylic acids is 1. The Kier molecular flexibility index (Phi) is 5.81. The number of urea groups is 1. The smallest absolute Gasteiger partial charge is 0.315 e. The van der Waals surface area contributed by atoms with Gasteiger partial charge in [0.2, 0.25) is 0 Å². The number of carbonyl (C=O) groups is 1. The number of unbranched alkanes of at least 4 members (excludes halogenated alkanes) is 1. The molecular formula is C18H32N2O3. The molecule has 3 aliphatic rings. The van der Waals surface area contributed by atoms with E-state index in [4.69, 9.17) is 9.47 Å². The topological polar surface area (TPSA) is 59.6 Å². The number of hydrogen-bond acceptors (Lipinski definition) is 3. The molecule has 3 rings (SSSR count). The highest BCUT2D eigenvalue weighted by atomic mass is 16.7. The van der Waals surface area contributed by atoms with Crippen molar-refractivity contribution >= 4 is 6.03 Å². The molecule has 0 aromatic heterocycles. The standard InChI is InChI=1S/C18H32N2O3/c1-2-3-5-14-6-4-7-16(14)20-17(21)19-15-8-10-18(11-9-15)22-12-13-23-18/h14-16H,2-13H2,1H3,(H2,19,20,21)/t14-,16-/m1/s1. The molecule has 2 aliphatic carbocycles. The second-order valence-electron chi connectivity index (χ2n) is 7.44. The van der Waals surface area contributed by atoms with Crippen LogP contribution in [0.5, 0.6) is 0 Å². The van der Waals surface area contributed by atoms with Crippen molar-refractivity contribution in [3.63, 3.8) is 0 Å². The molecule has 5 heteroatoms. The number of amides is 2. The van der Waals surface area contributed by atoms with Gasteiger partial charge in [0.15, 0.2) is 5.79 Å². The van der Waals surface area contributed by atoms with E-state index in [1.807, 2.05) is 0 Å². The van der Waals surface area contributed by atoms with Gasteiger partial charge in [-0.1, -0.05) is 26.2 Å². The van der Waals surface area contributed by atoms with Gasteiger partial charge in [-0.2, -0.15) is 0 Å². The van der Waals surface area contributed by atoms with E-state index in [0.717, 1.165) is 32.1 Å². The highest BCUT2D eigenvalue weighted by Crippen LogP contribution is 2.35. The molecule has 2 amide bonds. The van der Waals surface area contributed by atoms with Crippen molar-refractivity contribution in [2.45, 2.75) is 89.0 Å². The van der Waals surface area contributed by atoms with E-state index in [1.54, 1.807) is 0 Å². The van der Waals surface area contributed by atoms with Crippen molar-refractivity contribution < 1.29 is 14.3 Å². The molecule has 0 aromatic rings. The van der Waals surface area contributed by atoms with Gasteiger partial charge in [-0.15, -0.1) is 0 Å². The molecule has 1 aliphatic heterocycles. The number of rotatable bonds is 5. The summed E-state index contributed by atoms with van der Waals surface area (Å²) in [6.45, 7) is 3.65. The van der Waals surface area contributed by atoms with Crippen molar-refractivity contribution in [1.82, 2.24) is 10.6 Å². The predicted octanol–water partition coefficient (Wildman–Crippen LogP) is 3.33. The molecule has 1 heterocycles. The van der Waals surface area contributed by atoms with Crippen LogP contribution in [0.15, 0.2) is 0 Å². The summed E-state index contributed by atoms with van der Waals surface area (Å²) in [4.78, 5) is 12.3. The molecule has 5 nitrogen and oxygen atoms in total. The van der Waals surface area contributed by atoms with Crippen molar-refractivity contribution in [3.05, 3.63) is 0 Å². The lowest BCUT2D eigenvalue weighted by Gasteiger charge is -2.35. The van der Waals surface area contributed by atoms with Gasteiger partial charge in [-0.25, -0.2) is 4.79 Å². The van der Waals surface area contributed by atoms with Crippen LogP contribution in [0, 0.1) is 5.92 Å². The lowest BCUT2D eigenvalue weighted by atomic mass is 9.90. The molecule has 0 radical (unpaired) electrons. The van der Waals surface area contributed by atoms with Crippen LogP contribution in [-0.2, 0) is 9.47 Å². The largest absolute Gasteiger partial charge is 0.348 e. The van der Waals surface area contributed by atoms with E-state index in [1.165, 1.54) is 32.1 Å². The zero-order valence-corrected chi connectivity index (χ0v) is 14.4. The second-order valence-corrected chi connectivity index (χ2v) is 7.44. The molecule has 0 unspecified atom stereocenters. The third-order valence-corrected chi connectivity index (χ3v) is 5.80. The zero-order chi connectivity index (χ0) is 16.1. The van der Waals surface area contributed by atoms with Gasteiger partial charge in [-0.05, 0) is 38.0 Å². The van der Waals surface area contributed by atoms with Gasteiger partial charge < -0.3 is 20.1 Å². The SMILES string of the molecule is CCCC[C@@H]1CCC[C@H]1NC(=O)NC1CCC2(CC1)OCCO2. The third-order valence-electron chi connectivity index (χ3n) is 5.80. The maximum Gasteiger partial charge on any atom is 0.315 e. The van der Waals surface area contributed by atoms with Crippen LogP contribution in [0.2, 0.25) is 0 Å². The lowest BCUT2D eigenvalue weighted by Crippen LogP contribution is -2.50. The fourth-order valence-electron chi connectivity index (χ4n) is 4.42. The Morgan fingerprint density at radius 2 is 1.83 bits per heavy atom. The fourth-order valence-corrected chi connectivity index (χ4v) is 4.42. The summed E-state index contributed by atoms with van der Waals surface area (Å²) in [5.41, 5.74) is 0. The Morgan fingerprint density at radius 3 is 2.52 bits per heavy atom. The normalized spacial score (nSPS) is 30.7. The van der Waals surface area contributed by atoms with Crippen LogP contribution in [-0.4, -0.2) is 37.1 Å². The summed E-state index contributed by atoms with van der Waals surface area (Å²) >= 11 is 0. The van der Waals surface area contributed by atoms with E-state index < -0.39 is 0 Å². The Bertz CT molecular complexity index is 386. The molecule has 2 atom stereocenters. The highest BCUT2D eigenvalue weighted by molar-refractivity contribution is 5.74. The van der Waals surface area contributed by atoms with Crippen LogP contribution in [0.4, 0.5) is 4.79 Å². The first-order valence-electron chi connectivity index (χ1n) is 9.56. The first-order valence-corrected chi connectivity index (χ1v) is 9.56. The number of nitrogens with one attached hydrogen (secondary N) is 2. The third kappa shape index (κ3) is 4.38. The minimum absolute atomic E-state index is 0.0209. The Hall–Kier alpha value is -0.810. The van der Waals surface area contributed by atoms with Crippen molar-refractivity contribution in [3.8, 4) is 0 Å². The summed E-state index contributed by atoms with van der Waals surface area (Å²) in [6, 6.07) is 0.648. The van der Waals surface area contributed by atoms with E-state index in [2.05, 4.69) is 17.6 Å². The fraction of sp³-hybridized carbons (Fsp3) is 0.944. The quantitative estimate of drug-likeness (QED) is 0.815. The van der Waals surface area contributed by atoms with Crippen LogP contribution in [0.1, 0.15) is 71.1 Å². The first kappa shape index (κ1) is 17.0. The van der Waals surface area contributed by atoms with Crippen molar-refractivity contribution in [1.29, 1.82) is 0 Å². The summed E-state index contributed by atoms with van der Waals surface area (Å²) in [5.74, 6) is 0.335. The average molecular weight is 324 g/mol. The van der Waals surface area contributed by atoms with Gasteiger partial charge in [0.25, 0.3) is 0 Å². The highest BCUT2D eigenvalue weighted by Gasteiger charge is 2.40. The minimum Gasteiger partial charge on any atom is -0.348 e. The van der Waals surface area contributed by atoms with Crippen LogP contribution < -0.4 is 10.6 Å². The molecule has 0 bridgehead atoms. The van der Waals surface area contributed by atoms with Gasteiger partial charge >= 0.3 is 6.03 Å². The van der Waals surface area contributed by atoms with Crippen molar-refractivity contribution in [2.24, 2.45) is 5.92 Å². The summed E-state index contributed by atoms with van der Waals surface area (Å²) in [6.07, 6.45) is 11.1. The Morgan fingerprint density at radius 1 is 1.09 bits per heavy atom. The van der Waals surface area contributed by atoms with E-state index in [0.29, 0.717) is 25.2 Å². The molecule has 2 N–H and O–H groups in total. The van der Waals surface area contributed by atoms with Crippen LogP contribution in [0.3, 0.4) is 0 Å². The summed E-state index contributed by atoms with van der Waals surface area (Å²) in [5, 5.41) is 6.40. The molecule has 23 heavy (non-hydrogen) atoms. The van der Waals surface area contributed by atoms with Gasteiger partial charge in [0.05, 0.1) is 13.2 Å². The molecule has 0 aromatic carbocycles. The minimum atomic E-state index is -0.342. The second kappa shape index (κ2) is 7.84. The number of ether oxygens (including phenoxy) is 2. The Labute approximate surface area is 139 Å². The molecular weight excluding hydrogens is 292 g/mol. The zero-order valence-electron chi connectivity index (χ0n) is 14.4. The maximum absolute atomic E-state index is 12.3. The van der Waals surface area contributed by atoms with E-state index in [-0.39, 0.29) is 17.9 Å². The monoisotopic (exact) mass is 324 g/mol. The molecule has 1 spiro atoms. The van der Waals surface area contributed by atoms with Gasteiger partial charge in [0.1, 0.15) is 0 Å². The molecule has 3 fully saturated rings. The summed E-state index contributed by atoms with van der Waals surface area (Å²) < 4.78 is 11.5. The van der Waals surface area contributed by atoms with Crippen LogP contribution >= 0.6 is 0 Å². The van der Waals surface area contributed by atoms with E-state index in [9.17, 15) is 4.79 Å². The Balaban J connectivity index is 1.39. The van der Waals surface area contributed by atoms with Gasteiger partial charge in [0, 0.05) is 24.9 Å². The predicted molar refractivity (Wildman–Crippen MR) is 89.2 cm³/mol.